The first-order valence-corrected chi connectivity index (χ1v) is 7.02. The van der Waals surface area contributed by atoms with Gasteiger partial charge >= 0.3 is 0 Å². The van der Waals surface area contributed by atoms with Crippen molar-refractivity contribution in [1.29, 1.82) is 0 Å². The van der Waals surface area contributed by atoms with E-state index in [1.54, 1.807) is 11.9 Å². The number of hydrogen-bond acceptors (Lipinski definition) is 3. The molecule has 112 valence electrons. The minimum absolute atomic E-state index is 0.0111. The molecule has 0 fully saturated rings. The molecule has 0 radical (unpaired) electrons. The summed E-state index contributed by atoms with van der Waals surface area (Å²) in [5.74, 6) is 1.36. The van der Waals surface area contributed by atoms with Gasteiger partial charge in [-0.05, 0) is 24.0 Å². The molecule has 1 N–H and O–H groups in total. The number of nitrogens with one attached hydrogen (secondary N) is 1. The fourth-order valence-electron chi connectivity index (χ4n) is 2.27. The van der Waals surface area contributed by atoms with Crippen molar-refractivity contribution in [2.24, 2.45) is 0 Å². The molecule has 0 spiro atoms. The lowest BCUT2D eigenvalue weighted by Crippen LogP contribution is -2.29. The predicted molar refractivity (Wildman–Crippen MR) is 82.1 cm³/mol. The van der Waals surface area contributed by atoms with Crippen LogP contribution >= 0.6 is 0 Å². The Morgan fingerprint density at radius 3 is 2.52 bits per heavy atom. The van der Waals surface area contributed by atoms with Gasteiger partial charge in [0.05, 0.1) is 6.54 Å². The summed E-state index contributed by atoms with van der Waals surface area (Å²) >= 11 is 0. The van der Waals surface area contributed by atoms with Gasteiger partial charge in [0.15, 0.2) is 5.82 Å². The Morgan fingerprint density at radius 2 is 1.95 bits per heavy atom. The summed E-state index contributed by atoms with van der Waals surface area (Å²) in [7, 11) is 1.77. The third kappa shape index (κ3) is 3.48. The van der Waals surface area contributed by atoms with Crippen molar-refractivity contribution >= 4 is 5.91 Å². The molecule has 5 nitrogen and oxygen atoms in total. The predicted octanol–water partition coefficient (Wildman–Crippen LogP) is 2.68. The molecule has 0 saturated heterocycles. The number of aromatic nitrogens is 3. The van der Waals surface area contributed by atoms with Crippen LogP contribution in [0.1, 0.15) is 48.3 Å². The van der Waals surface area contributed by atoms with Crippen LogP contribution < -0.4 is 0 Å². The number of hydrogen-bond donors (Lipinski definition) is 1. The molecule has 1 aromatic heterocycles. The van der Waals surface area contributed by atoms with Crippen LogP contribution in [0.5, 0.6) is 0 Å². The van der Waals surface area contributed by atoms with Crippen LogP contribution in [-0.4, -0.2) is 33.0 Å². The highest BCUT2D eigenvalue weighted by Crippen LogP contribution is 2.26. The van der Waals surface area contributed by atoms with Crippen molar-refractivity contribution in [2.45, 2.75) is 39.7 Å². The van der Waals surface area contributed by atoms with Gasteiger partial charge in [-0.3, -0.25) is 9.89 Å². The Hall–Kier alpha value is -2.17. The molecule has 1 aromatic carbocycles. The molecule has 5 heteroatoms. The van der Waals surface area contributed by atoms with Gasteiger partial charge in [-0.1, -0.05) is 39.0 Å². The number of aryl methyl sites for hydroxylation is 1. The van der Waals surface area contributed by atoms with Crippen LogP contribution in [0.15, 0.2) is 24.3 Å². The second kappa shape index (κ2) is 5.68. The molecule has 0 aliphatic carbocycles. The van der Waals surface area contributed by atoms with E-state index >= 15 is 0 Å². The van der Waals surface area contributed by atoms with Crippen LogP contribution in [0, 0.1) is 6.92 Å². The maximum atomic E-state index is 12.7. The zero-order valence-corrected chi connectivity index (χ0v) is 13.3. The summed E-state index contributed by atoms with van der Waals surface area (Å²) in [4.78, 5) is 18.6. The largest absolute Gasteiger partial charge is 0.334 e. The second-order valence-electron chi connectivity index (χ2n) is 6.29. The lowest BCUT2D eigenvalue weighted by atomic mass is 9.83. The minimum atomic E-state index is -0.0751. The molecular weight excluding hydrogens is 264 g/mol. The fraction of sp³-hybridized carbons (Fsp3) is 0.438. The van der Waals surface area contributed by atoms with Gasteiger partial charge in [0.25, 0.3) is 5.91 Å². The molecule has 2 rings (SSSR count). The number of nitrogens with zero attached hydrogens (tertiary/aromatic N) is 3. The summed E-state index contributed by atoms with van der Waals surface area (Å²) < 4.78 is 0. The molecule has 0 saturated carbocycles. The van der Waals surface area contributed by atoms with E-state index in [1.165, 1.54) is 0 Å². The topological polar surface area (TPSA) is 61.9 Å². The molecule has 1 heterocycles. The van der Waals surface area contributed by atoms with Gasteiger partial charge in [-0.25, -0.2) is 4.98 Å². The first kappa shape index (κ1) is 15.2. The van der Waals surface area contributed by atoms with E-state index in [2.05, 4.69) is 36.0 Å². The smallest absolute Gasteiger partial charge is 0.254 e. The molecular formula is C16H22N4O. The number of aromatic amines is 1. The standard InChI is InChI=1S/C16H22N4O/c1-11-17-14(19-18-11)10-20(5)15(21)12-8-6-7-9-13(12)16(2,3)4/h6-9H,10H2,1-5H3,(H,17,18,19). The second-order valence-corrected chi connectivity index (χ2v) is 6.29. The molecule has 2 aromatic rings. The molecule has 1 amide bonds. The van der Waals surface area contributed by atoms with E-state index in [0.29, 0.717) is 12.4 Å². The summed E-state index contributed by atoms with van der Waals surface area (Å²) in [6.45, 7) is 8.56. The van der Waals surface area contributed by atoms with Crippen molar-refractivity contribution in [2.75, 3.05) is 7.05 Å². The third-order valence-electron chi connectivity index (χ3n) is 3.33. The Bertz CT molecular complexity index is 640. The number of carbonyl (C=O) groups excluding carboxylic acids is 1. The van der Waals surface area contributed by atoms with E-state index in [1.807, 2.05) is 31.2 Å². The van der Waals surface area contributed by atoms with Gasteiger partial charge in [0.1, 0.15) is 5.82 Å². The van der Waals surface area contributed by atoms with Crippen LogP contribution in [-0.2, 0) is 12.0 Å². The van der Waals surface area contributed by atoms with Crippen molar-refractivity contribution in [3.8, 4) is 0 Å². The summed E-state index contributed by atoms with van der Waals surface area (Å²) in [5.41, 5.74) is 1.71. The zero-order chi connectivity index (χ0) is 15.6. The van der Waals surface area contributed by atoms with Crippen LogP contribution in [0.25, 0.3) is 0 Å². The minimum Gasteiger partial charge on any atom is -0.334 e. The number of rotatable bonds is 3. The summed E-state index contributed by atoms with van der Waals surface area (Å²) in [6.07, 6.45) is 0. The van der Waals surface area contributed by atoms with E-state index in [4.69, 9.17) is 0 Å². The highest BCUT2D eigenvalue weighted by molar-refractivity contribution is 5.95. The third-order valence-corrected chi connectivity index (χ3v) is 3.33. The zero-order valence-electron chi connectivity index (χ0n) is 13.3. The Labute approximate surface area is 125 Å². The van der Waals surface area contributed by atoms with E-state index in [9.17, 15) is 4.79 Å². The van der Waals surface area contributed by atoms with E-state index in [-0.39, 0.29) is 11.3 Å². The Balaban J connectivity index is 2.24. The van der Waals surface area contributed by atoms with E-state index < -0.39 is 0 Å². The quantitative estimate of drug-likeness (QED) is 0.943. The Kier molecular flexibility index (Phi) is 4.11. The van der Waals surface area contributed by atoms with Gasteiger partial charge in [0, 0.05) is 12.6 Å². The normalized spacial score (nSPS) is 11.5. The maximum absolute atomic E-state index is 12.7. The summed E-state index contributed by atoms with van der Waals surface area (Å²) in [5, 5.41) is 6.86. The highest BCUT2D eigenvalue weighted by atomic mass is 16.2. The first-order chi connectivity index (χ1) is 9.79. The average molecular weight is 286 g/mol. The molecule has 0 unspecified atom stereocenters. The number of carbonyl (C=O) groups is 1. The number of amides is 1. The number of benzene rings is 1. The van der Waals surface area contributed by atoms with Crippen molar-refractivity contribution in [1.82, 2.24) is 20.1 Å². The van der Waals surface area contributed by atoms with Crippen LogP contribution in [0.4, 0.5) is 0 Å². The lowest BCUT2D eigenvalue weighted by molar-refractivity contribution is 0.0779. The molecule has 0 aliphatic heterocycles. The van der Waals surface area contributed by atoms with Gasteiger partial charge < -0.3 is 4.90 Å². The van der Waals surface area contributed by atoms with Crippen LogP contribution in [0.3, 0.4) is 0 Å². The average Bonchev–Trinajstić information content (AvgIpc) is 2.82. The monoisotopic (exact) mass is 286 g/mol. The lowest BCUT2D eigenvalue weighted by Gasteiger charge is -2.24. The molecule has 0 aliphatic rings. The van der Waals surface area contributed by atoms with Gasteiger partial charge in [0.2, 0.25) is 0 Å². The van der Waals surface area contributed by atoms with Crippen molar-refractivity contribution < 1.29 is 4.79 Å². The van der Waals surface area contributed by atoms with E-state index in [0.717, 1.165) is 17.0 Å². The Morgan fingerprint density at radius 1 is 1.29 bits per heavy atom. The highest BCUT2D eigenvalue weighted by Gasteiger charge is 2.23. The molecule has 0 bridgehead atoms. The first-order valence-electron chi connectivity index (χ1n) is 7.02. The van der Waals surface area contributed by atoms with Gasteiger partial charge in [-0.15, -0.1) is 0 Å². The molecule has 21 heavy (non-hydrogen) atoms. The fourth-order valence-corrected chi connectivity index (χ4v) is 2.27. The maximum Gasteiger partial charge on any atom is 0.254 e. The summed E-state index contributed by atoms with van der Waals surface area (Å²) in [6, 6.07) is 7.75. The van der Waals surface area contributed by atoms with Crippen molar-refractivity contribution in [3.63, 3.8) is 0 Å². The SMILES string of the molecule is Cc1nc(CN(C)C(=O)c2ccccc2C(C)(C)C)n[nH]1. The van der Waals surface area contributed by atoms with Crippen molar-refractivity contribution in [3.05, 3.63) is 47.0 Å². The molecule has 0 atom stereocenters. The number of H-pyrrole nitrogens is 1. The van der Waals surface area contributed by atoms with Crippen LogP contribution in [0.2, 0.25) is 0 Å². The van der Waals surface area contributed by atoms with Gasteiger partial charge in [-0.2, -0.15) is 5.10 Å².